The lowest BCUT2D eigenvalue weighted by molar-refractivity contribution is 0.244. The lowest BCUT2D eigenvalue weighted by Gasteiger charge is -2.27. The molecule has 0 saturated carbocycles. The number of ether oxygens (including phenoxy) is 1. The molecular formula is C16H26N2O. The monoisotopic (exact) mass is 262 g/mol. The molecule has 19 heavy (non-hydrogen) atoms. The molecular weight excluding hydrogens is 236 g/mol. The quantitative estimate of drug-likeness (QED) is 0.850. The fourth-order valence-corrected chi connectivity index (χ4v) is 2.24. The summed E-state index contributed by atoms with van der Waals surface area (Å²) in [5, 5.41) is 3.39. The van der Waals surface area contributed by atoms with Crippen molar-refractivity contribution in [2.45, 2.75) is 20.3 Å². The Hall–Kier alpha value is -1.06. The number of hydrogen-bond donors (Lipinski definition) is 1. The fraction of sp³-hybridized carbons (Fsp3) is 0.625. The summed E-state index contributed by atoms with van der Waals surface area (Å²) in [6.45, 7) is 10.9. The van der Waals surface area contributed by atoms with Crippen LogP contribution in [0.15, 0.2) is 24.3 Å². The minimum absolute atomic E-state index is 0.576. The standard InChI is InChI=1S/C16H26N2O/c1-14(2)13-19-16-5-3-15(4-6-16)7-10-18-11-8-17-9-12-18/h3-6,14,17H,7-13H2,1-2H3. The first kappa shape index (κ1) is 14.4. The van der Waals surface area contributed by atoms with Crippen LogP contribution in [0.25, 0.3) is 0 Å². The molecule has 1 aromatic carbocycles. The SMILES string of the molecule is CC(C)COc1ccc(CCN2CCNCC2)cc1. The summed E-state index contributed by atoms with van der Waals surface area (Å²) in [4.78, 5) is 2.53. The second-order valence-corrected chi connectivity index (χ2v) is 5.69. The third-order valence-electron chi connectivity index (χ3n) is 3.43. The van der Waals surface area contributed by atoms with Crippen molar-refractivity contribution in [3.8, 4) is 5.75 Å². The first-order valence-electron chi connectivity index (χ1n) is 7.39. The Kier molecular flexibility index (Phi) is 5.67. The molecule has 1 fully saturated rings. The summed E-state index contributed by atoms with van der Waals surface area (Å²) in [5.74, 6) is 1.56. The van der Waals surface area contributed by atoms with Crippen LogP contribution in [0.2, 0.25) is 0 Å². The summed E-state index contributed by atoms with van der Waals surface area (Å²) in [5.41, 5.74) is 1.40. The Morgan fingerprint density at radius 3 is 2.47 bits per heavy atom. The topological polar surface area (TPSA) is 24.5 Å². The van der Waals surface area contributed by atoms with Gasteiger partial charge >= 0.3 is 0 Å². The van der Waals surface area contributed by atoms with Crippen molar-refractivity contribution in [1.29, 1.82) is 0 Å². The van der Waals surface area contributed by atoms with E-state index in [1.165, 1.54) is 18.7 Å². The number of nitrogens with zero attached hydrogens (tertiary/aromatic N) is 1. The molecule has 2 rings (SSSR count). The molecule has 3 nitrogen and oxygen atoms in total. The molecule has 1 aliphatic rings. The van der Waals surface area contributed by atoms with E-state index in [4.69, 9.17) is 4.74 Å². The summed E-state index contributed by atoms with van der Waals surface area (Å²) in [6, 6.07) is 8.57. The van der Waals surface area contributed by atoms with Crippen molar-refractivity contribution in [1.82, 2.24) is 10.2 Å². The van der Waals surface area contributed by atoms with Gasteiger partial charge in [0.25, 0.3) is 0 Å². The normalized spacial score (nSPS) is 16.8. The first-order chi connectivity index (χ1) is 9.24. The minimum atomic E-state index is 0.576. The molecule has 1 aliphatic heterocycles. The van der Waals surface area contributed by atoms with Gasteiger partial charge in [0.05, 0.1) is 6.61 Å². The van der Waals surface area contributed by atoms with E-state index in [1.807, 2.05) is 0 Å². The van der Waals surface area contributed by atoms with Crippen molar-refractivity contribution >= 4 is 0 Å². The molecule has 106 valence electrons. The van der Waals surface area contributed by atoms with Crippen LogP contribution in [-0.4, -0.2) is 44.2 Å². The third-order valence-corrected chi connectivity index (χ3v) is 3.43. The first-order valence-corrected chi connectivity index (χ1v) is 7.39. The number of hydrogen-bond acceptors (Lipinski definition) is 3. The van der Waals surface area contributed by atoms with Gasteiger partial charge < -0.3 is 15.0 Å². The van der Waals surface area contributed by atoms with Gasteiger partial charge in [-0.25, -0.2) is 0 Å². The highest BCUT2D eigenvalue weighted by Gasteiger charge is 2.08. The molecule has 0 bridgehead atoms. The van der Waals surface area contributed by atoms with Crippen molar-refractivity contribution in [2.24, 2.45) is 5.92 Å². The molecule has 0 atom stereocenters. The Morgan fingerprint density at radius 1 is 1.16 bits per heavy atom. The maximum absolute atomic E-state index is 5.70. The highest BCUT2D eigenvalue weighted by Crippen LogP contribution is 2.14. The van der Waals surface area contributed by atoms with Gasteiger partial charge in [0, 0.05) is 32.7 Å². The molecule has 0 spiro atoms. The molecule has 0 radical (unpaired) electrons. The summed E-state index contributed by atoms with van der Waals surface area (Å²) < 4.78 is 5.70. The van der Waals surface area contributed by atoms with Crippen LogP contribution in [-0.2, 0) is 6.42 Å². The third kappa shape index (κ3) is 5.21. The zero-order chi connectivity index (χ0) is 13.5. The maximum atomic E-state index is 5.70. The van der Waals surface area contributed by atoms with Crippen molar-refractivity contribution < 1.29 is 4.74 Å². The second-order valence-electron chi connectivity index (χ2n) is 5.69. The van der Waals surface area contributed by atoms with Crippen molar-refractivity contribution in [3.05, 3.63) is 29.8 Å². The largest absolute Gasteiger partial charge is 0.493 e. The summed E-state index contributed by atoms with van der Waals surface area (Å²) in [6.07, 6.45) is 1.13. The van der Waals surface area contributed by atoms with Gasteiger partial charge in [-0.1, -0.05) is 26.0 Å². The molecule has 0 aliphatic carbocycles. The average molecular weight is 262 g/mol. The van der Waals surface area contributed by atoms with E-state index in [0.29, 0.717) is 5.92 Å². The van der Waals surface area contributed by atoms with Gasteiger partial charge in [-0.05, 0) is 30.0 Å². The number of piperazine rings is 1. The summed E-state index contributed by atoms with van der Waals surface area (Å²) in [7, 11) is 0. The molecule has 0 unspecified atom stereocenters. The molecule has 1 N–H and O–H groups in total. The fourth-order valence-electron chi connectivity index (χ4n) is 2.24. The molecule has 1 heterocycles. The van der Waals surface area contributed by atoms with Gasteiger partial charge in [0.2, 0.25) is 0 Å². The van der Waals surface area contributed by atoms with E-state index in [2.05, 4.69) is 48.3 Å². The van der Waals surface area contributed by atoms with E-state index in [0.717, 1.165) is 38.4 Å². The molecule has 0 amide bonds. The van der Waals surface area contributed by atoms with E-state index < -0.39 is 0 Å². The highest BCUT2D eigenvalue weighted by molar-refractivity contribution is 5.27. The molecule has 0 aromatic heterocycles. The predicted molar refractivity (Wildman–Crippen MR) is 79.8 cm³/mol. The van der Waals surface area contributed by atoms with Crippen LogP contribution >= 0.6 is 0 Å². The molecule has 3 heteroatoms. The van der Waals surface area contributed by atoms with Crippen LogP contribution in [0.5, 0.6) is 5.75 Å². The molecule has 1 aromatic rings. The Labute approximate surface area is 116 Å². The van der Waals surface area contributed by atoms with Crippen LogP contribution < -0.4 is 10.1 Å². The van der Waals surface area contributed by atoms with E-state index >= 15 is 0 Å². The predicted octanol–water partition coefficient (Wildman–Crippen LogP) is 2.17. The lowest BCUT2D eigenvalue weighted by atomic mass is 10.1. The second kappa shape index (κ2) is 7.51. The van der Waals surface area contributed by atoms with Gasteiger partial charge in [0.1, 0.15) is 5.75 Å². The van der Waals surface area contributed by atoms with Crippen LogP contribution in [0.4, 0.5) is 0 Å². The van der Waals surface area contributed by atoms with Crippen LogP contribution in [0.3, 0.4) is 0 Å². The summed E-state index contributed by atoms with van der Waals surface area (Å²) >= 11 is 0. The Balaban J connectivity index is 1.74. The van der Waals surface area contributed by atoms with Gasteiger partial charge in [-0.2, -0.15) is 0 Å². The van der Waals surface area contributed by atoms with E-state index in [-0.39, 0.29) is 0 Å². The minimum Gasteiger partial charge on any atom is -0.493 e. The average Bonchev–Trinajstić information content (AvgIpc) is 2.45. The van der Waals surface area contributed by atoms with Crippen molar-refractivity contribution in [3.63, 3.8) is 0 Å². The lowest BCUT2D eigenvalue weighted by Crippen LogP contribution is -2.44. The van der Waals surface area contributed by atoms with Gasteiger partial charge in [-0.3, -0.25) is 0 Å². The van der Waals surface area contributed by atoms with Crippen molar-refractivity contribution in [2.75, 3.05) is 39.3 Å². The zero-order valence-electron chi connectivity index (χ0n) is 12.2. The Bertz CT molecular complexity index is 356. The number of rotatable bonds is 6. The van der Waals surface area contributed by atoms with Gasteiger partial charge in [0.15, 0.2) is 0 Å². The van der Waals surface area contributed by atoms with Crippen LogP contribution in [0, 0.1) is 5.92 Å². The van der Waals surface area contributed by atoms with E-state index in [9.17, 15) is 0 Å². The smallest absolute Gasteiger partial charge is 0.119 e. The van der Waals surface area contributed by atoms with Crippen LogP contribution in [0.1, 0.15) is 19.4 Å². The number of benzene rings is 1. The Morgan fingerprint density at radius 2 is 1.84 bits per heavy atom. The van der Waals surface area contributed by atoms with Gasteiger partial charge in [-0.15, -0.1) is 0 Å². The molecule has 1 saturated heterocycles. The maximum Gasteiger partial charge on any atom is 0.119 e. The van der Waals surface area contributed by atoms with E-state index in [1.54, 1.807) is 0 Å². The number of nitrogens with one attached hydrogen (secondary N) is 1. The zero-order valence-corrected chi connectivity index (χ0v) is 12.2. The highest BCUT2D eigenvalue weighted by atomic mass is 16.5.